The number of aliphatic carboxylic acids is 2. The average Bonchev–Trinajstić information content (AvgIpc) is 2.81. The van der Waals surface area contributed by atoms with E-state index >= 15 is 0 Å². The molecule has 0 spiro atoms. The van der Waals surface area contributed by atoms with E-state index in [1.54, 1.807) is 24.3 Å². The number of halogens is 2. The topological polar surface area (TPSA) is 170 Å². The minimum atomic E-state index is -0.990. The number of benzene rings is 2. The van der Waals surface area contributed by atoms with Crippen LogP contribution in [0.15, 0.2) is 48.5 Å². The van der Waals surface area contributed by atoms with Crippen LogP contribution in [0.4, 0.5) is 0 Å². The van der Waals surface area contributed by atoms with Crippen LogP contribution in [-0.4, -0.2) is 47.1 Å². The zero-order chi connectivity index (χ0) is 26.6. The molecular formula is C25H35Cl2N3O5. The Hall–Kier alpha value is -2.49. The third-order valence-electron chi connectivity index (χ3n) is 4.73. The van der Waals surface area contributed by atoms with Crippen LogP contribution in [0, 0.1) is 0 Å². The van der Waals surface area contributed by atoms with E-state index in [2.05, 4.69) is 0 Å². The predicted molar refractivity (Wildman–Crippen MR) is 140 cm³/mol. The van der Waals surface area contributed by atoms with Gasteiger partial charge < -0.3 is 27.4 Å². The number of aldehydes is 1. The minimum Gasteiger partial charge on any atom is -0.481 e. The van der Waals surface area contributed by atoms with Gasteiger partial charge in [0.15, 0.2) is 6.29 Å². The van der Waals surface area contributed by atoms with E-state index in [9.17, 15) is 14.4 Å². The highest BCUT2D eigenvalue weighted by molar-refractivity contribution is 6.36. The summed E-state index contributed by atoms with van der Waals surface area (Å²) in [4.78, 5) is 30.3. The van der Waals surface area contributed by atoms with Crippen LogP contribution in [0.5, 0.6) is 0 Å². The van der Waals surface area contributed by atoms with Crippen LogP contribution in [0.25, 0.3) is 0 Å². The van der Waals surface area contributed by atoms with Gasteiger partial charge in [-0.2, -0.15) is 0 Å². The standard InChI is InChI=1S/C8H8O2.C7H4Cl2O.C6H13N.C4H10N2O2/c9-8(10)6-7-4-2-1-3-5-7;8-6-2-1-5(4-10)7(9)3-6;7-6-4-2-1-3-5-6;5-2-1-3(6)4(7)8/h1-5H,6H2,(H,9,10);1-4H;6H,1-5,7H2;3H,1-2,5-6H2,(H,7,8)/t;;;3-/m...0/s1. The molecule has 0 bridgehead atoms. The Labute approximate surface area is 216 Å². The molecule has 3 rings (SSSR count). The molecule has 0 amide bonds. The van der Waals surface area contributed by atoms with Crippen LogP contribution in [0.1, 0.15) is 54.4 Å². The van der Waals surface area contributed by atoms with Gasteiger partial charge in [0, 0.05) is 16.6 Å². The Morgan fingerprint density at radius 3 is 2.00 bits per heavy atom. The Morgan fingerprint density at radius 1 is 1.03 bits per heavy atom. The zero-order valence-corrected chi connectivity index (χ0v) is 21.1. The summed E-state index contributed by atoms with van der Waals surface area (Å²) in [5, 5.41) is 17.4. The molecule has 2 aromatic carbocycles. The molecule has 8 N–H and O–H groups in total. The Morgan fingerprint density at radius 2 is 1.63 bits per heavy atom. The van der Waals surface area contributed by atoms with Crippen molar-refractivity contribution in [2.45, 2.75) is 57.0 Å². The normalized spacial score (nSPS) is 13.4. The van der Waals surface area contributed by atoms with Crippen molar-refractivity contribution in [2.75, 3.05) is 6.54 Å². The second kappa shape index (κ2) is 19.8. The Kier molecular flexibility index (Phi) is 18.4. The maximum Gasteiger partial charge on any atom is 0.320 e. The van der Waals surface area contributed by atoms with Crippen molar-refractivity contribution in [3.63, 3.8) is 0 Å². The first-order chi connectivity index (χ1) is 16.6. The van der Waals surface area contributed by atoms with Gasteiger partial charge in [-0.15, -0.1) is 0 Å². The molecule has 35 heavy (non-hydrogen) atoms. The van der Waals surface area contributed by atoms with E-state index in [1.165, 1.54) is 38.2 Å². The summed E-state index contributed by atoms with van der Waals surface area (Å²) in [6.07, 6.45) is 7.81. The van der Waals surface area contributed by atoms with E-state index < -0.39 is 18.0 Å². The Balaban J connectivity index is 0.000000445. The molecule has 0 aromatic heterocycles. The molecule has 0 radical (unpaired) electrons. The van der Waals surface area contributed by atoms with E-state index in [0.29, 0.717) is 40.9 Å². The highest BCUT2D eigenvalue weighted by atomic mass is 35.5. The van der Waals surface area contributed by atoms with Crippen molar-refractivity contribution in [3.05, 3.63) is 69.7 Å². The Bertz CT molecular complexity index is 879. The fourth-order valence-electron chi connectivity index (χ4n) is 2.80. The summed E-state index contributed by atoms with van der Waals surface area (Å²) in [5.41, 5.74) is 17.0. The van der Waals surface area contributed by atoms with Gasteiger partial charge in [-0.1, -0.05) is 72.8 Å². The van der Waals surface area contributed by atoms with E-state index in [-0.39, 0.29) is 6.42 Å². The molecule has 10 heteroatoms. The maximum atomic E-state index is 10.2. The molecule has 8 nitrogen and oxygen atoms in total. The van der Waals surface area contributed by atoms with Gasteiger partial charge in [0.25, 0.3) is 0 Å². The minimum absolute atomic E-state index is 0.112. The van der Waals surface area contributed by atoms with Gasteiger partial charge >= 0.3 is 11.9 Å². The van der Waals surface area contributed by atoms with Crippen LogP contribution in [-0.2, 0) is 16.0 Å². The molecule has 0 aliphatic heterocycles. The van der Waals surface area contributed by atoms with E-state index in [1.807, 2.05) is 18.2 Å². The maximum absolute atomic E-state index is 10.2. The van der Waals surface area contributed by atoms with Crippen LogP contribution < -0.4 is 17.2 Å². The van der Waals surface area contributed by atoms with Gasteiger partial charge in [0.05, 0.1) is 11.4 Å². The van der Waals surface area contributed by atoms with Crippen LogP contribution in [0.2, 0.25) is 10.0 Å². The predicted octanol–water partition coefficient (Wildman–Crippen LogP) is 4.14. The summed E-state index contributed by atoms with van der Waals surface area (Å²) in [7, 11) is 0. The molecule has 1 aliphatic rings. The third kappa shape index (κ3) is 17.6. The van der Waals surface area contributed by atoms with Crippen molar-refractivity contribution in [3.8, 4) is 0 Å². The fourth-order valence-corrected chi connectivity index (χ4v) is 3.26. The van der Waals surface area contributed by atoms with Gasteiger partial charge in [-0.3, -0.25) is 14.4 Å². The number of carbonyl (C=O) groups is 3. The number of nitrogens with two attached hydrogens (primary N) is 3. The van der Waals surface area contributed by atoms with Crippen molar-refractivity contribution in [2.24, 2.45) is 17.2 Å². The first kappa shape index (κ1) is 32.5. The molecule has 1 fully saturated rings. The summed E-state index contributed by atoms with van der Waals surface area (Å²) in [6.45, 7) is 0.327. The molecule has 2 aromatic rings. The van der Waals surface area contributed by atoms with Gasteiger partial charge in [0.2, 0.25) is 0 Å². The summed E-state index contributed by atoms with van der Waals surface area (Å²) in [5.74, 6) is -1.78. The van der Waals surface area contributed by atoms with Crippen molar-refractivity contribution in [1.82, 2.24) is 0 Å². The van der Waals surface area contributed by atoms with Gasteiger partial charge in [-0.25, -0.2) is 0 Å². The highest BCUT2D eigenvalue weighted by Crippen LogP contribution is 2.19. The number of carbonyl (C=O) groups excluding carboxylic acids is 1. The smallest absolute Gasteiger partial charge is 0.320 e. The molecule has 1 saturated carbocycles. The molecule has 1 aliphatic carbocycles. The third-order valence-corrected chi connectivity index (χ3v) is 5.29. The second-order valence-corrected chi connectivity index (χ2v) is 8.60. The highest BCUT2D eigenvalue weighted by Gasteiger charge is 2.08. The lowest BCUT2D eigenvalue weighted by Gasteiger charge is -2.15. The SMILES string of the molecule is NC1CCCCC1.NCC[C@H](N)C(=O)O.O=C(O)Cc1ccccc1.O=Cc1ccc(Cl)cc1Cl. The monoisotopic (exact) mass is 527 g/mol. The molecule has 0 unspecified atom stereocenters. The molecule has 0 saturated heterocycles. The fraction of sp³-hybridized carbons (Fsp3) is 0.400. The molecule has 194 valence electrons. The molecular weight excluding hydrogens is 493 g/mol. The average molecular weight is 528 g/mol. The lowest BCUT2D eigenvalue weighted by molar-refractivity contribution is -0.139. The lowest BCUT2D eigenvalue weighted by Crippen LogP contribution is -2.32. The second-order valence-electron chi connectivity index (χ2n) is 7.76. The summed E-state index contributed by atoms with van der Waals surface area (Å²) >= 11 is 11.2. The van der Waals surface area contributed by atoms with Crippen molar-refractivity contribution >= 4 is 41.4 Å². The first-order valence-corrected chi connectivity index (χ1v) is 12.0. The van der Waals surface area contributed by atoms with Crippen molar-refractivity contribution < 1.29 is 24.6 Å². The van der Waals surface area contributed by atoms with Crippen molar-refractivity contribution in [1.29, 1.82) is 0 Å². The summed E-state index contributed by atoms with van der Waals surface area (Å²) in [6, 6.07) is 13.6. The molecule has 1 atom stereocenters. The van der Waals surface area contributed by atoms with Crippen LogP contribution in [0.3, 0.4) is 0 Å². The first-order valence-electron chi connectivity index (χ1n) is 11.2. The van der Waals surface area contributed by atoms with Crippen LogP contribution >= 0.6 is 23.2 Å². The number of carboxylic acid groups (broad SMARTS) is 2. The van der Waals surface area contributed by atoms with E-state index in [0.717, 1.165) is 5.56 Å². The summed E-state index contributed by atoms with van der Waals surface area (Å²) < 4.78 is 0. The number of hydrogen-bond acceptors (Lipinski definition) is 6. The number of hydrogen-bond donors (Lipinski definition) is 5. The zero-order valence-electron chi connectivity index (χ0n) is 19.6. The molecule has 0 heterocycles. The van der Waals surface area contributed by atoms with Gasteiger partial charge in [0.1, 0.15) is 6.04 Å². The number of rotatable bonds is 6. The lowest BCUT2D eigenvalue weighted by atomic mass is 9.97. The van der Waals surface area contributed by atoms with Gasteiger partial charge in [-0.05, 0) is 49.6 Å². The van der Waals surface area contributed by atoms with E-state index in [4.69, 9.17) is 50.6 Å². The largest absolute Gasteiger partial charge is 0.481 e. The number of carboxylic acids is 2. The quantitative estimate of drug-likeness (QED) is 0.348.